The maximum absolute atomic E-state index is 3.41. The molecule has 2 heteroatoms. The number of rotatable bonds is 4. The van der Waals surface area contributed by atoms with Crippen molar-refractivity contribution < 1.29 is 0 Å². The van der Waals surface area contributed by atoms with Crippen LogP contribution >= 0.6 is 0 Å². The first-order chi connectivity index (χ1) is 8.17. The molecule has 0 atom stereocenters. The number of H-pyrrole nitrogens is 2. The zero-order valence-electron chi connectivity index (χ0n) is 11.3. The van der Waals surface area contributed by atoms with Gasteiger partial charge in [-0.25, -0.2) is 0 Å². The number of aryl methyl sites for hydroxylation is 2. The van der Waals surface area contributed by atoms with Gasteiger partial charge in [0, 0.05) is 30.2 Å². The van der Waals surface area contributed by atoms with Gasteiger partial charge >= 0.3 is 0 Å². The molecule has 0 radical (unpaired) electrons. The van der Waals surface area contributed by atoms with Gasteiger partial charge in [0.2, 0.25) is 0 Å². The van der Waals surface area contributed by atoms with Crippen molar-refractivity contribution in [3.63, 3.8) is 0 Å². The molecule has 0 fully saturated rings. The summed E-state index contributed by atoms with van der Waals surface area (Å²) >= 11 is 0. The van der Waals surface area contributed by atoms with E-state index < -0.39 is 0 Å². The number of aromatic amines is 2. The molecule has 92 valence electrons. The van der Waals surface area contributed by atoms with Crippen molar-refractivity contribution in [1.82, 2.24) is 9.97 Å². The molecule has 2 N–H and O–H groups in total. The summed E-state index contributed by atoms with van der Waals surface area (Å²) in [6.07, 6.45) is 7.44. The molecule has 0 unspecified atom stereocenters. The molecule has 17 heavy (non-hydrogen) atoms. The third-order valence-electron chi connectivity index (χ3n) is 3.67. The van der Waals surface area contributed by atoms with E-state index in [1.807, 2.05) is 0 Å². The van der Waals surface area contributed by atoms with E-state index in [-0.39, 0.29) is 0 Å². The molecule has 0 saturated carbocycles. The lowest BCUT2D eigenvalue weighted by atomic mass is 10.0. The van der Waals surface area contributed by atoms with Crippen LogP contribution in [0.15, 0.2) is 12.4 Å². The Labute approximate surface area is 103 Å². The SMILES string of the molecule is CCc1c(C)c[nH]c1Cc1[nH]cc(C)c1CC. The lowest BCUT2D eigenvalue weighted by Crippen LogP contribution is -1.97. The predicted octanol–water partition coefficient (Wildman–Crippen LogP) is 3.68. The molecule has 2 heterocycles. The first-order valence-corrected chi connectivity index (χ1v) is 6.48. The Hall–Kier alpha value is -1.44. The van der Waals surface area contributed by atoms with Crippen LogP contribution in [0.2, 0.25) is 0 Å². The van der Waals surface area contributed by atoms with Crippen LogP contribution in [0.3, 0.4) is 0 Å². The summed E-state index contributed by atoms with van der Waals surface area (Å²) in [4.78, 5) is 6.83. The number of aromatic nitrogens is 2. The molecule has 0 aliphatic heterocycles. The van der Waals surface area contributed by atoms with Gasteiger partial charge in [-0.2, -0.15) is 0 Å². The monoisotopic (exact) mass is 230 g/mol. The Kier molecular flexibility index (Phi) is 3.41. The molecule has 0 aliphatic carbocycles. The lowest BCUT2D eigenvalue weighted by Gasteiger charge is -2.05. The van der Waals surface area contributed by atoms with Gasteiger partial charge in [-0.3, -0.25) is 0 Å². The van der Waals surface area contributed by atoms with E-state index in [1.165, 1.54) is 33.6 Å². The van der Waals surface area contributed by atoms with Gasteiger partial charge in [0.25, 0.3) is 0 Å². The van der Waals surface area contributed by atoms with Crippen molar-refractivity contribution in [1.29, 1.82) is 0 Å². The molecule has 2 aromatic heterocycles. The van der Waals surface area contributed by atoms with Gasteiger partial charge in [-0.1, -0.05) is 13.8 Å². The highest BCUT2D eigenvalue weighted by molar-refractivity contribution is 5.37. The van der Waals surface area contributed by atoms with Crippen LogP contribution in [0, 0.1) is 13.8 Å². The molecule has 2 rings (SSSR count). The van der Waals surface area contributed by atoms with E-state index in [1.54, 1.807) is 0 Å². The van der Waals surface area contributed by atoms with Crippen molar-refractivity contribution in [2.75, 3.05) is 0 Å². The largest absolute Gasteiger partial charge is 0.364 e. The second-order valence-corrected chi connectivity index (χ2v) is 4.74. The molecular weight excluding hydrogens is 208 g/mol. The van der Waals surface area contributed by atoms with Crippen molar-refractivity contribution in [2.24, 2.45) is 0 Å². The zero-order chi connectivity index (χ0) is 12.4. The summed E-state index contributed by atoms with van der Waals surface area (Å²) in [5, 5.41) is 0. The van der Waals surface area contributed by atoms with Gasteiger partial charge < -0.3 is 9.97 Å². The van der Waals surface area contributed by atoms with E-state index in [9.17, 15) is 0 Å². The zero-order valence-corrected chi connectivity index (χ0v) is 11.3. The maximum atomic E-state index is 3.41. The highest BCUT2D eigenvalue weighted by Gasteiger charge is 2.11. The Balaban J connectivity index is 2.31. The van der Waals surface area contributed by atoms with Gasteiger partial charge in [0.1, 0.15) is 0 Å². The van der Waals surface area contributed by atoms with Gasteiger partial charge in [0.05, 0.1) is 0 Å². The van der Waals surface area contributed by atoms with Gasteiger partial charge in [0.15, 0.2) is 0 Å². The van der Waals surface area contributed by atoms with E-state index in [2.05, 4.69) is 50.1 Å². The first-order valence-electron chi connectivity index (χ1n) is 6.48. The third kappa shape index (κ3) is 2.17. The van der Waals surface area contributed by atoms with E-state index in [0.29, 0.717) is 0 Å². The quantitative estimate of drug-likeness (QED) is 0.803. The summed E-state index contributed by atoms with van der Waals surface area (Å²) in [7, 11) is 0. The molecule has 2 nitrogen and oxygen atoms in total. The molecule has 0 aliphatic rings. The lowest BCUT2D eigenvalue weighted by molar-refractivity contribution is 0.967. The van der Waals surface area contributed by atoms with E-state index in [4.69, 9.17) is 0 Å². The Bertz CT molecular complexity index is 457. The normalized spacial score (nSPS) is 11.1. The van der Waals surface area contributed by atoms with Crippen molar-refractivity contribution in [3.8, 4) is 0 Å². The average molecular weight is 230 g/mol. The fourth-order valence-electron chi connectivity index (χ4n) is 2.69. The summed E-state index contributed by atoms with van der Waals surface area (Å²) in [6, 6.07) is 0. The van der Waals surface area contributed by atoms with Crippen molar-refractivity contribution >= 4 is 0 Å². The minimum absolute atomic E-state index is 0.994. The van der Waals surface area contributed by atoms with Gasteiger partial charge in [-0.15, -0.1) is 0 Å². The second-order valence-electron chi connectivity index (χ2n) is 4.74. The number of hydrogen-bond acceptors (Lipinski definition) is 0. The summed E-state index contributed by atoms with van der Waals surface area (Å²) in [6.45, 7) is 8.81. The third-order valence-corrected chi connectivity index (χ3v) is 3.67. The summed E-state index contributed by atoms with van der Waals surface area (Å²) < 4.78 is 0. The molecule has 0 bridgehead atoms. The summed E-state index contributed by atoms with van der Waals surface area (Å²) in [5.74, 6) is 0. The number of nitrogens with one attached hydrogen (secondary N) is 2. The fourth-order valence-corrected chi connectivity index (χ4v) is 2.69. The van der Waals surface area contributed by atoms with Crippen LogP contribution in [0.4, 0.5) is 0 Å². The van der Waals surface area contributed by atoms with Crippen LogP contribution in [-0.2, 0) is 19.3 Å². The molecule has 0 aromatic carbocycles. The number of hydrogen-bond donors (Lipinski definition) is 2. The van der Waals surface area contributed by atoms with Crippen LogP contribution in [0.1, 0.15) is 47.5 Å². The van der Waals surface area contributed by atoms with Crippen LogP contribution in [0.5, 0.6) is 0 Å². The minimum Gasteiger partial charge on any atom is -0.364 e. The van der Waals surface area contributed by atoms with Crippen molar-refractivity contribution in [3.05, 3.63) is 46.0 Å². The second kappa shape index (κ2) is 4.82. The predicted molar refractivity (Wildman–Crippen MR) is 72.6 cm³/mol. The van der Waals surface area contributed by atoms with Crippen LogP contribution < -0.4 is 0 Å². The molecule has 0 spiro atoms. The summed E-state index contributed by atoms with van der Waals surface area (Å²) in [5.41, 5.74) is 8.43. The molecule has 0 amide bonds. The van der Waals surface area contributed by atoms with Crippen molar-refractivity contribution in [2.45, 2.75) is 47.0 Å². The Morgan fingerprint density at radius 2 is 1.24 bits per heavy atom. The van der Waals surface area contributed by atoms with E-state index >= 15 is 0 Å². The standard InChI is InChI=1S/C15H22N2/c1-5-12-10(3)8-16-14(12)7-15-13(6-2)11(4)9-17-15/h8-9,16-17H,5-7H2,1-4H3. The fraction of sp³-hybridized carbons (Fsp3) is 0.467. The molecular formula is C15H22N2. The molecule has 0 saturated heterocycles. The molecule has 2 aromatic rings. The van der Waals surface area contributed by atoms with Crippen LogP contribution in [-0.4, -0.2) is 9.97 Å². The first kappa shape index (κ1) is 12.0. The highest BCUT2D eigenvalue weighted by Crippen LogP contribution is 2.21. The highest BCUT2D eigenvalue weighted by atomic mass is 14.7. The Morgan fingerprint density at radius 1 is 0.824 bits per heavy atom. The minimum atomic E-state index is 0.994. The smallest absolute Gasteiger partial charge is 0.0284 e. The maximum Gasteiger partial charge on any atom is 0.0284 e. The van der Waals surface area contributed by atoms with Crippen LogP contribution in [0.25, 0.3) is 0 Å². The Morgan fingerprint density at radius 3 is 1.59 bits per heavy atom. The topological polar surface area (TPSA) is 31.6 Å². The van der Waals surface area contributed by atoms with E-state index in [0.717, 1.165) is 19.3 Å². The van der Waals surface area contributed by atoms with Gasteiger partial charge in [-0.05, 0) is 48.9 Å². The average Bonchev–Trinajstić information content (AvgIpc) is 2.83.